The van der Waals surface area contributed by atoms with Crippen molar-refractivity contribution >= 4 is 0 Å². The van der Waals surface area contributed by atoms with Crippen molar-refractivity contribution in [3.8, 4) is 22.4 Å². The van der Waals surface area contributed by atoms with E-state index in [1.165, 1.54) is 22.3 Å². The molecule has 4 rings (SSSR count). The molecule has 98 valence electrons. The Balaban J connectivity index is 1.78. The molecular formula is C17H15N3. The fourth-order valence-corrected chi connectivity index (χ4v) is 2.92. The predicted octanol–water partition coefficient (Wildman–Crippen LogP) is 3.11. The Bertz CT molecular complexity index is 786. The first-order valence-corrected chi connectivity index (χ1v) is 6.81. The summed E-state index contributed by atoms with van der Waals surface area (Å²) < 4.78 is 0. The van der Waals surface area contributed by atoms with E-state index in [2.05, 4.69) is 52.7 Å². The molecule has 0 atom stereocenters. The van der Waals surface area contributed by atoms with E-state index in [-0.39, 0.29) is 0 Å². The number of nitrogens with two attached hydrogens (primary N) is 1. The summed E-state index contributed by atoms with van der Waals surface area (Å²) in [4.78, 5) is 0. The SMILES string of the molecule is NCc1cc(-c2ccc3c(c2)Cc2ccccc2-3)n[nH]1. The Hall–Kier alpha value is -2.39. The molecule has 1 aliphatic carbocycles. The molecule has 0 aliphatic heterocycles. The summed E-state index contributed by atoms with van der Waals surface area (Å²) in [5, 5.41) is 7.29. The van der Waals surface area contributed by atoms with E-state index < -0.39 is 0 Å². The lowest BCUT2D eigenvalue weighted by Crippen LogP contribution is -1.95. The molecule has 1 heterocycles. The standard InChI is InChI=1S/C17H15N3/c18-10-14-9-17(20-19-14)12-5-6-16-13(8-12)7-11-3-1-2-4-15(11)16/h1-6,8-9H,7,10,18H2,(H,19,20). The average Bonchev–Trinajstić information content (AvgIpc) is 3.10. The number of rotatable bonds is 2. The van der Waals surface area contributed by atoms with Gasteiger partial charge in [0.25, 0.3) is 0 Å². The van der Waals surface area contributed by atoms with Crippen molar-refractivity contribution in [3.63, 3.8) is 0 Å². The lowest BCUT2D eigenvalue weighted by atomic mass is 10.0. The van der Waals surface area contributed by atoms with Gasteiger partial charge in [0, 0.05) is 17.8 Å². The maximum atomic E-state index is 5.62. The minimum absolute atomic E-state index is 0.489. The summed E-state index contributed by atoms with van der Waals surface area (Å²) >= 11 is 0. The fraction of sp³-hybridized carbons (Fsp3) is 0.118. The quantitative estimate of drug-likeness (QED) is 0.582. The maximum Gasteiger partial charge on any atom is 0.0924 e. The highest BCUT2D eigenvalue weighted by molar-refractivity contribution is 5.79. The third-order valence-corrected chi connectivity index (χ3v) is 3.94. The molecule has 0 amide bonds. The van der Waals surface area contributed by atoms with Gasteiger partial charge < -0.3 is 5.73 Å². The first kappa shape index (κ1) is 11.4. The molecule has 0 fully saturated rings. The zero-order valence-electron chi connectivity index (χ0n) is 11.1. The zero-order valence-corrected chi connectivity index (χ0v) is 11.1. The third kappa shape index (κ3) is 1.67. The summed E-state index contributed by atoms with van der Waals surface area (Å²) in [5.74, 6) is 0. The van der Waals surface area contributed by atoms with Gasteiger partial charge >= 0.3 is 0 Å². The van der Waals surface area contributed by atoms with Crippen LogP contribution in [0.3, 0.4) is 0 Å². The third-order valence-electron chi connectivity index (χ3n) is 3.94. The molecule has 3 nitrogen and oxygen atoms in total. The molecule has 1 aliphatic rings. The molecule has 20 heavy (non-hydrogen) atoms. The van der Waals surface area contributed by atoms with Crippen molar-refractivity contribution in [2.45, 2.75) is 13.0 Å². The Morgan fingerprint density at radius 1 is 1.00 bits per heavy atom. The highest BCUT2D eigenvalue weighted by Gasteiger charge is 2.18. The maximum absolute atomic E-state index is 5.62. The van der Waals surface area contributed by atoms with E-state index in [0.717, 1.165) is 23.4 Å². The Morgan fingerprint density at radius 2 is 1.85 bits per heavy atom. The predicted molar refractivity (Wildman–Crippen MR) is 80.2 cm³/mol. The fourth-order valence-electron chi connectivity index (χ4n) is 2.92. The van der Waals surface area contributed by atoms with Crippen molar-refractivity contribution in [2.75, 3.05) is 0 Å². The summed E-state index contributed by atoms with van der Waals surface area (Å²) in [5.41, 5.74) is 14.2. The number of aromatic amines is 1. The van der Waals surface area contributed by atoms with Crippen LogP contribution in [0.25, 0.3) is 22.4 Å². The number of hydrogen-bond acceptors (Lipinski definition) is 2. The second-order valence-corrected chi connectivity index (χ2v) is 5.19. The largest absolute Gasteiger partial charge is 0.325 e. The van der Waals surface area contributed by atoms with Crippen LogP contribution in [-0.4, -0.2) is 10.2 Å². The molecule has 0 radical (unpaired) electrons. The van der Waals surface area contributed by atoms with Crippen LogP contribution in [0.15, 0.2) is 48.5 Å². The Kier molecular flexibility index (Phi) is 2.47. The summed E-state index contributed by atoms with van der Waals surface area (Å²) in [6.45, 7) is 0.489. The van der Waals surface area contributed by atoms with Gasteiger partial charge in [-0.1, -0.05) is 36.4 Å². The second-order valence-electron chi connectivity index (χ2n) is 5.19. The van der Waals surface area contributed by atoms with Gasteiger partial charge in [0.05, 0.1) is 5.69 Å². The van der Waals surface area contributed by atoms with Gasteiger partial charge in [-0.05, 0) is 40.8 Å². The van der Waals surface area contributed by atoms with Crippen LogP contribution in [0.2, 0.25) is 0 Å². The van der Waals surface area contributed by atoms with Gasteiger partial charge in [-0.2, -0.15) is 5.10 Å². The van der Waals surface area contributed by atoms with Crippen molar-refractivity contribution in [3.05, 3.63) is 65.4 Å². The number of benzene rings is 2. The van der Waals surface area contributed by atoms with Gasteiger partial charge in [0.1, 0.15) is 0 Å². The van der Waals surface area contributed by atoms with E-state index in [9.17, 15) is 0 Å². The number of nitrogens with one attached hydrogen (secondary N) is 1. The molecule has 3 aromatic rings. The van der Waals surface area contributed by atoms with Crippen LogP contribution in [0.5, 0.6) is 0 Å². The average molecular weight is 261 g/mol. The second kappa shape index (κ2) is 4.32. The van der Waals surface area contributed by atoms with E-state index in [1.807, 2.05) is 6.07 Å². The van der Waals surface area contributed by atoms with Crippen LogP contribution in [0.1, 0.15) is 16.8 Å². The lowest BCUT2D eigenvalue weighted by Gasteiger charge is -2.03. The van der Waals surface area contributed by atoms with Crippen LogP contribution < -0.4 is 5.73 Å². The van der Waals surface area contributed by atoms with Crippen molar-refractivity contribution in [2.24, 2.45) is 5.73 Å². The lowest BCUT2D eigenvalue weighted by molar-refractivity contribution is 0.948. The normalized spacial score (nSPS) is 12.2. The molecule has 0 bridgehead atoms. The first-order valence-electron chi connectivity index (χ1n) is 6.81. The first-order chi connectivity index (χ1) is 9.85. The number of nitrogens with zero attached hydrogens (tertiary/aromatic N) is 1. The molecule has 0 saturated carbocycles. The monoisotopic (exact) mass is 261 g/mol. The van der Waals surface area contributed by atoms with Crippen LogP contribution >= 0.6 is 0 Å². The van der Waals surface area contributed by atoms with Crippen LogP contribution in [-0.2, 0) is 13.0 Å². The van der Waals surface area contributed by atoms with Crippen molar-refractivity contribution in [1.29, 1.82) is 0 Å². The summed E-state index contributed by atoms with van der Waals surface area (Å²) in [7, 11) is 0. The van der Waals surface area contributed by atoms with Gasteiger partial charge in [-0.15, -0.1) is 0 Å². The number of aromatic nitrogens is 2. The zero-order chi connectivity index (χ0) is 13.5. The molecule has 0 saturated heterocycles. The molecule has 0 spiro atoms. The van der Waals surface area contributed by atoms with Gasteiger partial charge in [-0.3, -0.25) is 5.10 Å². The molecule has 0 unspecified atom stereocenters. The van der Waals surface area contributed by atoms with Crippen molar-refractivity contribution in [1.82, 2.24) is 10.2 Å². The highest BCUT2D eigenvalue weighted by atomic mass is 15.1. The Morgan fingerprint density at radius 3 is 2.70 bits per heavy atom. The Labute approximate surface area is 117 Å². The summed E-state index contributed by atoms with van der Waals surface area (Å²) in [6.07, 6.45) is 1.01. The van der Waals surface area contributed by atoms with Crippen LogP contribution in [0.4, 0.5) is 0 Å². The van der Waals surface area contributed by atoms with E-state index in [0.29, 0.717) is 6.54 Å². The molecular weight excluding hydrogens is 246 g/mol. The van der Waals surface area contributed by atoms with E-state index in [1.54, 1.807) is 0 Å². The molecule has 3 heteroatoms. The van der Waals surface area contributed by atoms with Crippen molar-refractivity contribution < 1.29 is 0 Å². The van der Waals surface area contributed by atoms with Gasteiger partial charge in [0.2, 0.25) is 0 Å². The minimum atomic E-state index is 0.489. The van der Waals surface area contributed by atoms with Crippen LogP contribution in [0, 0.1) is 0 Å². The molecule has 3 N–H and O–H groups in total. The highest BCUT2D eigenvalue weighted by Crippen LogP contribution is 2.38. The smallest absolute Gasteiger partial charge is 0.0924 e. The topological polar surface area (TPSA) is 54.7 Å². The van der Waals surface area contributed by atoms with Gasteiger partial charge in [-0.25, -0.2) is 0 Å². The van der Waals surface area contributed by atoms with E-state index >= 15 is 0 Å². The number of H-pyrrole nitrogens is 1. The molecule has 1 aromatic heterocycles. The molecule has 2 aromatic carbocycles. The number of hydrogen-bond donors (Lipinski definition) is 2. The number of fused-ring (bicyclic) bond motifs is 3. The van der Waals surface area contributed by atoms with Gasteiger partial charge in [0.15, 0.2) is 0 Å². The minimum Gasteiger partial charge on any atom is -0.325 e. The summed E-state index contributed by atoms with van der Waals surface area (Å²) in [6, 6.07) is 17.2. The van der Waals surface area contributed by atoms with E-state index in [4.69, 9.17) is 5.73 Å².